The molecule has 6 heterocycles. The molecular formula is C70H50B2N6. The van der Waals surface area contributed by atoms with Crippen LogP contribution in [0.5, 0.6) is 0 Å². The standard InChI is InChI=1S/C70H50B2N6/c1-5-23-49(24-6-1)75-61-35-19-15-31-55(61)71-57-45-58-64(46-63(57)77(51-27-9-3-10-28-51)67-43-53(41-65(75)69(67)71)73-39-37-47-21-13-17-33-59(47)73)78(52-29-11-4-12-30-52)68-44-54(74-40-38-48-22-14-18-34-60(48)74)42-66-70(68)72(58)56-32-16-20-36-62(56)76(66)50-25-7-2-8-26-50/h1-36,41-46H,37-40H2. The summed E-state index contributed by atoms with van der Waals surface area (Å²) in [5.74, 6) is 0. The smallest absolute Gasteiger partial charge is 0.252 e. The molecular weight excluding hydrogens is 946 g/mol. The molecule has 0 spiro atoms. The van der Waals surface area contributed by atoms with Crippen LogP contribution in [-0.4, -0.2) is 26.5 Å². The molecule has 6 aliphatic heterocycles. The third kappa shape index (κ3) is 6.28. The first-order valence-electron chi connectivity index (χ1n) is 27.6. The zero-order valence-electron chi connectivity index (χ0n) is 42.9. The number of anilines is 16. The number of hydrogen-bond acceptors (Lipinski definition) is 6. The average molecular weight is 997 g/mol. The summed E-state index contributed by atoms with van der Waals surface area (Å²) in [6, 6.07) is 95.8. The minimum Gasteiger partial charge on any atom is -0.341 e. The monoisotopic (exact) mass is 996 g/mol. The van der Waals surface area contributed by atoms with Crippen molar-refractivity contribution >= 4 is 137 Å². The second-order valence-corrected chi connectivity index (χ2v) is 21.5. The van der Waals surface area contributed by atoms with E-state index in [9.17, 15) is 0 Å². The summed E-state index contributed by atoms with van der Waals surface area (Å²) in [4.78, 5) is 15.4. The maximum absolute atomic E-state index is 2.64. The molecule has 11 aromatic rings. The highest BCUT2D eigenvalue weighted by molar-refractivity contribution is 7.03. The third-order valence-electron chi connectivity index (χ3n) is 17.5. The van der Waals surface area contributed by atoms with Crippen molar-refractivity contribution in [3.8, 4) is 0 Å². The second kappa shape index (κ2) is 16.9. The Morgan fingerprint density at radius 2 is 0.538 bits per heavy atom. The number of hydrogen-bond donors (Lipinski definition) is 0. The first-order chi connectivity index (χ1) is 38.7. The van der Waals surface area contributed by atoms with Crippen LogP contribution in [-0.2, 0) is 12.8 Å². The Bertz CT molecular complexity index is 3960. The van der Waals surface area contributed by atoms with Crippen molar-refractivity contribution in [2.75, 3.05) is 42.5 Å². The normalized spacial score (nSPS) is 14.8. The molecule has 0 radical (unpaired) electrons. The minimum absolute atomic E-state index is 0.0744. The highest BCUT2D eigenvalue weighted by Gasteiger charge is 2.49. The van der Waals surface area contributed by atoms with Gasteiger partial charge in [0.15, 0.2) is 0 Å². The van der Waals surface area contributed by atoms with E-state index in [1.165, 1.54) is 112 Å². The molecule has 0 saturated heterocycles. The van der Waals surface area contributed by atoms with Gasteiger partial charge >= 0.3 is 0 Å². The molecule has 366 valence electrons. The van der Waals surface area contributed by atoms with Crippen molar-refractivity contribution in [3.05, 3.63) is 266 Å². The van der Waals surface area contributed by atoms with Crippen molar-refractivity contribution in [1.29, 1.82) is 0 Å². The molecule has 0 atom stereocenters. The molecule has 0 aromatic heterocycles. The van der Waals surface area contributed by atoms with Crippen LogP contribution >= 0.6 is 0 Å². The highest BCUT2D eigenvalue weighted by Crippen LogP contribution is 2.52. The van der Waals surface area contributed by atoms with Crippen molar-refractivity contribution in [2.45, 2.75) is 12.8 Å². The van der Waals surface area contributed by atoms with Gasteiger partial charge in [-0.1, -0.05) is 152 Å². The van der Waals surface area contributed by atoms with E-state index in [1.807, 2.05) is 0 Å². The molecule has 8 heteroatoms. The molecule has 0 bridgehead atoms. The van der Waals surface area contributed by atoms with E-state index >= 15 is 0 Å². The molecule has 0 saturated carbocycles. The van der Waals surface area contributed by atoms with E-state index in [1.54, 1.807) is 0 Å². The summed E-state index contributed by atoms with van der Waals surface area (Å²) < 4.78 is 0. The molecule has 0 amide bonds. The van der Waals surface area contributed by atoms with Gasteiger partial charge in [-0.15, -0.1) is 0 Å². The Hall–Kier alpha value is -9.65. The molecule has 6 aliphatic rings. The van der Waals surface area contributed by atoms with E-state index < -0.39 is 0 Å². The fourth-order valence-corrected chi connectivity index (χ4v) is 14.3. The zero-order valence-corrected chi connectivity index (χ0v) is 42.9. The number of rotatable bonds is 6. The lowest BCUT2D eigenvalue weighted by molar-refractivity contribution is 0.997. The fourth-order valence-electron chi connectivity index (χ4n) is 14.3. The van der Waals surface area contributed by atoms with Crippen LogP contribution in [0.3, 0.4) is 0 Å². The Morgan fingerprint density at radius 3 is 0.910 bits per heavy atom. The Kier molecular flexibility index (Phi) is 9.46. The summed E-state index contributed by atoms with van der Waals surface area (Å²) >= 11 is 0. The van der Waals surface area contributed by atoms with Crippen LogP contribution in [0.1, 0.15) is 11.1 Å². The van der Waals surface area contributed by atoms with Gasteiger partial charge in [-0.25, -0.2) is 0 Å². The number of benzene rings is 11. The van der Waals surface area contributed by atoms with Crippen LogP contribution in [0.25, 0.3) is 0 Å². The topological polar surface area (TPSA) is 19.4 Å². The highest BCUT2D eigenvalue weighted by atomic mass is 15.2. The molecule has 6 nitrogen and oxygen atoms in total. The summed E-state index contributed by atoms with van der Waals surface area (Å²) in [7, 11) is 0. The quantitative estimate of drug-likeness (QED) is 0.154. The molecule has 0 N–H and O–H groups in total. The maximum Gasteiger partial charge on any atom is 0.252 e. The van der Waals surface area contributed by atoms with E-state index in [0.29, 0.717) is 0 Å². The molecule has 11 aromatic carbocycles. The average Bonchev–Trinajstić information content (AvgIpc) is 4.29. The van der Waals surface area contributed by atoms with E-state index in [4.69, 9.17) is 0 Å². The van der Waals surface area contributed by atoms with Crippen LogP contribution in [0, 0.1) is 0 Å². The maximum atomic E-state index is 2.64. The van der Waals surface area contributed by atoms with Crippen molar-refractivity contribution in [3.63, 3.8) is 0 Å². The van der Waals surface area contributed by atoms with Crippen LogP contribution in [0.15, 0.2) is 255 Å². The predicted octanol–water partition coefficient (Wildman–Crippen LogP) is 13.2. The van der Waals surface area contributed by atoms with Crippen molar-refractivity contribution < 1.29 is 0 Å². The van der Waals surface area contributed by atoms with Gasteiger partial charge in [0.2, 0.25) is 0 Å². The van der Waals surface area contributed by atoms with Gasteiger partial charge in [0, 0.05) is 104 Å². The molecule has 0 unspecified atom stereocenters. The second-order valence-electron chi connectivity index (χ2n) is 21.5. The number of fused-ring (bicyclic) bond motifs is 10. The SMILES string of the molecule is c1ccc(N2c3ccccc3B3c4cc5c(cc4N(c4ccccc4)c4cc(N6CCc7ccccc76)cc2c43)N(c2ccccc2)c2cc(N3CCc4ccccc43)cc3c2B5c2ccccc2N3c2ccccc2)cc1. The van der Waals surface area contributed by atoms with Gasteiger partial charge in [0.05, 0.1) is 0 Å². The lowest BCUT2D eigenvalue weighted by Gasteiger charge is -2.47. The van der Waals surface area contributed by atoms with Gasteiger partial charge in [0.1, 0.15) is 0 Å². The van der Waals surface area contributed by atoms with Crippen LogP contribution in [0.4, 0.5) is 91.0 Å². The Morgan fingerprint density at radius 1 is 0.231 bits per heavy atom. The van der Waals surface area contributed by atoms with E-state index in [0.717, 1.165) is 48.7 Å². The van der Waals surface area contributed by atoms with Gasteiger partial charge < -0.3 is 29.4 Å². The molecule has 78 heavy (non-hydrogen) atoms. The van der Waals surface area contributed by atoms with Gasteiger partial charge in [0.25, 0.3) is 13.4 Å². The van der Waals surface area contributed by atoms with Gasteiger partial charge in [-0.2, -0.15) is 0 Å². The summed E-state index contributed by atoms with van der Waals surface area (Å²) in [6.45, 7) is 1.69. The molecule has 17 rings (SSSR count). The lowest BCUT2D eigenvalue weighted by atomic mass is 9.30. The largest absolute Gasteiger partial charge is 0.341 e. The van der Waals surface area contributed by atoms with Gasteiger partial charge in [-0.05, 0) is 160 Å². The first kappa shape index (κ1) is 43.6. The Labute approximate surface area is 456 Å². The number of para-hydroxylation sites is 8. The molecule has 0 fully saturated rings. The van der Waals surface area contributed by atoms with Crippen LogP contribution in [0.2, 0.25) is 0 Å². The lowest BCUT2D eigenvalue weighted by Crippen LogP contribution is -2.65. The third-order valence-corrected chi connectivity index (χ3v) is 17.5. The van der Waals surface area contributed by atoms with Gasteiger partial charge in [-0.3, -0.25) is 0 Å². The van der Waals surface area contributed by atoms with E-state index in [2.05, 4.69) is 284 Å². The van der Waals surface area contributed by atoms with Crippen LogP contribution < -0.4 is 62.2 Å². The number of nitrogens with zero attached hydrogens (tertiary/aromatic N) is 6. The summed E-state index contributed by atoms with van der Waals surface area (Å²) in [5.41, 5.74) is 29.7. The predicted molar refractivity (Wildman–Crippen MR) is 329 cm³/mol. The molecule has 0 aliphatic carbocycles. The summed E-state index contributed by atoms with van der Waals surface area (Å²) in [6.07, 6.45) is 2.01. The minimum atomic E-state index is -0.0744. The summed E-state index contributed by atoms with van der Waals surface area (Å²) in [5, 5.41) is 0. The zero-order chi connectivity index (χ0) is 51.0. The Balaban J connectivity index is 0.983. The first-order valence-corrected chi connectivity index (χ1v) is 27.6. The van der Waals surface area contributed by atoms with Crippen molar-refractivity contribution in [2.24, 2.45) is 0 Å². The van der Waals surface area contributed by atoms with Crippen molar-refractivity contribution in [1.82, 2.24) is 0 Å². The fraction of sp³-hybridized carbons (Fsp3) is 0.0571. The van der Waals surface area contributed by atoms with E-state index in [-0.39, 0.29) is 13.4 Å².